The summed E-state index contributed by atoms with van der Waals surface area (Å²) in [6, 6.07) is 13.1. The molecule has 0 aromatic heterocycles. The second-order valence-corrected chi connectivity index (χ2v) is 3.68. The molecule has 2 aromatic carbocycles. The lowest BCUT2D eigenvalue weighted by molar-refractivity contribution is 0.0688. The fourth-order valence-corrected chi connectivity index (χ4v) is 1.61. The zero-order valence-electron chi connectivity index (χ0n) is 9.47. The molecule has 0 amide bonds. The number of carbonyl (C=O) groups is 1. The molecule has 4 heteroatoms. The van der Waals surface area contributed by atoms with Crippen molar-refractivity contribution in [2.24, 2.45) is 0 Å². The molecule has 0 radical (unpaired) electrons. The number of ether oxygens (including phenoxy) is 1. The third-order valence-corrected chi connectivity index (χ3v) is 2.45. The number of rotatable bonds is 4. The van der Waals surface area contributed by atoms with Crippen molar-refractivity contribution in [1.82, 2.24) is 0 Å². The van der Waals surface area contributed by atoms with E-state index in [-0.39, 0.29) is 12.2 Å². The predicted octanol–water partition coefficient (Wildman–Crippen LogP) is 3.10. The minimum absolute atomic E-state index is 0.0173. The minimum atomic E-state index is -1.29. The number of aromatic carboxylic acids is 1. The molecule has 0 aliphatic carbocycles. The quantitative estimate of drug-likeness (QED) is 0.901. The van der Waals surface area contributed by atoms with Gasteiger partial charge >= 0.3 is 5.97 Å². The van der Waals surface area contributed by atoms with Gasteiger partial charge in [0.2, 0.25) is 0 Å². The molecule has 2 rings (SSSR count). The van der Waals surface area contributed by atoms with Gasteiger partial charge in [0.1, 0.15) is 23.7 Å². The molecular formula is C14H11FO3. The second kappa shape index (κ2) is 5.31. The summed E-state index contributed by atoms with van der Waals surface area (Å²) in [5, 5.41) is 8.95. The van der Waals surface area contributed by atoms with Crippen LogP contribution in [0, 0.1) is 5.82 Å². The lowest BCUT2D eigenvalue weighted by Gasteiger charge is -2.09. The lowest BCUT2D eigenvalue weighted by Crippen LogP contribution is -2.08. The van der Waals surface area contributed by atoms with Gasteiger partial charge in [0, 0.05) is 5.56 Å². The van der Waals surface area contributed by atoms with Crippen molar-refractivity contribution >= 4 is 5.97 Å². The Labute approximate surface area is 103 Å². The number of halogens is 1. The molecule has 0 heterocycles. The van der Waals surface area contributed by atoms with Crippen LogP contribution >= 0.6 is 0 Å². The van der Waals surface area contributed by atoms with E-state index >= 15 is 0 Å². The van der Waals surface area contributed by atoms with Gasteiger partial charge in [-0.15, -0.1) is 0 Å². The Morgan fingerprint density at radius 3 is 2.50 bits per heavy atom. The molecule has 0 aliphatic heterocycles. The van der Waals surface area contributed by atoms with E-state index in [2.05, 4.69) is 0 Å². The van der Waals surface area contributed by atoms with Crippen molar-refractivity contribution in [2.75, 3.05) is 0 Å². The van der Waals surface area contributed by atoms with Crippen molar-refractivity contribution < 1.29 is 19.0 Å². The third-order valence-electron chi connectivity index (χ3n) is 2.45. The lowest BCUT2D eigenvalue weighted by atomic mass is 10.1. The van der Waals surface area contributed by atoms with E-state index in [1.807, 2.05) is 6.07 Å². The van der Waals surface area contributed by atoms with E-state index in [0.717, 1.165) is 6.07 Å². The number of hydrogen-bond donors (Lipinski definition) is 1. The number of para-hydroxylation sites is 1. The first-order valence-electron chi connectivity index (χ1n) is 5.37. The molecule has 0 atom stereocenters. The Balaban J connectivity index is 2.20. The van der Waals surface area contributed by atoms with Gasteiger partial charge in [0.25, 0.3) is 0 Å². The first kappa shape index (κ1) is 12.1. The van der Waals surface area contributed by atoms with Crippen LogP contribution in [0.5, 0.6) is 5.75 Å². The number of benzene rings is 2. The van der Waals surface area contributed by atoms with Crippen molar-refractivity contribution in [1.29, 1.82) is 0 Å². The first-order chi connectivity index (χ1) is 8.68. The van der Waals surface area contributed by atoms with E-state index in [1.54, 1.807) is 24.3 Å². The predicted molar refractivity (Wildman–Crippen MR) is 64.1 cm³/mol. The number of carboxylic acid groups (broad SMARTS) is 1. The summed E-state index contributed by atoms with van der Waals surface area (Å²) in [5.41, 5.74) is -0.0280. The van der Waals surface area contributed by atoms with E-state index in [4.69, 9.17) is 9.84 Å². The van der Waals surface area contributed by atoms with Gasteiger partial charge in [0.05, 0.1) is 0 Å². The molecule has 0 saturated heterocycles. The van der Waals surface area contributed by atoms with Gasteiger partial charge in [0.15, 0.2) is 0 Å². The van der Waals surface area contributed by atoms with Crippen LogP contribution in [0.4, 0.5) is 4.39 Å². The summed E-state index contributed by atoms with van der Waals surface area (Å²) in [6.07, 6.45) is 0. The molecule has 0 aliphatic rings. The SMILES string of the molecule is O=C(O)c1c(F)cccc1COc1ccccc1. The van der Waals surface area contributed by atoms with E-state index < -0.39 is 11.8 Å². The smallest absolute Gasteiger partial charge is 0.339 e. The van der Waals surface area contributed by atoms with Crippen LogP contribution in [0.15, 0.2) is 48.5 Å². The molecule has 18 heavy (non-hydrogen) atoms. The van der Waals surface area contributed by atoms with E-state index in [9.17, 15) is 9.18 Å². The van der Waals surface area contributed by atoms with Crippen LogP contribution < -0.4 is 4.74 Å². The van der Waals surface area contributed by atoms with Gasteiger partial charge in [-0.25, -0.2) is 9.18 Å². The highest BCUT2D eigenvalue weighted by Crippen LogP contribution is 2.17. The van der Waals surface area contributed by atoms with Gasteiger partial charge in [-0.2, -0.15) is 0 Å². The van der Waals surface area contributed by atoms with Crippen molar-refractivity contribution in [2.45, 2.75) is 6.61 Å². The third kappa shape index (κ3) is 2.66. The van der Waals surface area contributed by atoms with Crippen LogP contribution in [0.25, 0.3) is 0 Å². The van der Waals surface area contributed by atoms with Gasteiger partial charge in [-0.05, 0) is 18.2 Å². The Hall–Kier alpha value is -2.36. The molecule has 92 valence electrons. The van der Waals surface area contributed by atoms with Crippen LogP contribution in [0.3, 0.4) is 0 Å². The summed E-state index contributed by atoms with van der Waals surface area (Å²) in [4.78, 5) is 11.0. The normalized spacial score (nSPS) is 10.1. The maximum absolute atomic E-state index is 13.4. The minimum Gasteiger partial charge on any atom is -0.489 e. The van der Waals surface area contributed by atoms with Gasteiger partial charge in [-0.1, -0.05) is 30.3 Å². The highest BCUT2D eigenvalue weighted by atomic mass is 19.1. The number of hydrogen-bond acceptors (Lipinski definition) is 2. The van der Waals surface area contributed by atoms with Crippen molar-refractivity contribution in [3.63, 3.8) is 0 Å². The molecule has 0 unspecified atom stereocenters. The molecule has 3 nitrogen and oxygen atoms in total. The first-order valence-corrected chi connectivity index (χ1v) is 5.37. The summed E-state index contributed by atoms with van der Waals surface area (Å²) < 4.78 is 18.8. The zero-order chi connectivity index (χ0) is 13.0. The molecule has 0 spiro atoms. The monoisotopic (exact) mass is 246 g/mol. The standard InChI is InChI=1S/C14H11FO3/c15-12-8-4-5-10(13(12)14(16)17)9-18-11-6-2-1-3-7-11/h1-8H,9H2,(H,16,17). The summed E-state index contributed by atoms with van der Waals surface area (Å²) in [7, 11) is 0. The summed E-state index contributed by atoms with van der Waals surface area (Å²) in [5.74, 6) is -1.44. The molecule has 2 aromatic rings. The Kier molecular flexibility index (Phi) is 3.57. The second-order valence-electron chi connectivity index (χ2n) is 3.68. The molecular weight excluding hydrogens is 235 g/mol. The Morgan fingerprint density at radius 1 is 1.11 bits per heavy atom. The molecule has 0 fully saturated rings. The average Bonchev–Trinajstić information content (AvgIpc) is 2.37. The highest BCUT2D eigenvalue weighted by Gasteiger charge is 2.15. The van der Waals surface area contributed by atoms with Crippen LogP contribution in [-0.2, 0) is 6.61 Å². The summed E-state index contributed by atoms with van der Waals surface area (Å²) >= 11 is 0. The molecule has 1 N–H and O–H groups in total. The number of carboxylic acids is 1. The maximum atomic E-state index is 13.4. The van der Waals surface area contributed by atoms with Crippen LogP contribution in [0.2, 0.25) is 0 Å². The Bertz CT molecular complexity index is 552. The van der Waals surface area contributed by atoms with E-state index in [0.29, 0.717) is 11.3 Å². The summed E-state index contributed by atoms with van der Waals surface area (Å²) in [6.45, 7) is 0.0173. The molecule has 0 bridgehead atoms. The van der Waals surface area contributed by atoms with Crippen molar-refractivity contribution in [3.8, 4) is 5.75 Å². The zero-order valence-corrected chi connectivity index (χ0v) is 9.47. The van der Waals surface area contributed by atoms with Gasteiger partial charge in [-0.3, -0.25) is 0 Å². The average molecular weight is 246 g/mol. The topological polar surface area (TPSA) is 46.5 Å². The van der Waals surface area contributed by atoms with Crippen LogP contribution in [0.1, 0.15) is 15.9 Å². The fraction of sp³-hybridized carbons (Fsp3) is 0.0714. The Morgan fingerprint density at radius 2 is 1.83 bits per heavy atom. The van der Waals surface area contributed by atoms with Crippen LogP contribution in [-0.4, -0.2) is 11.1 Å². The van der Waals surface area contributed by atoms with Gasteiger partial charge < -0.3 is 9.84 Å². The van der Waals surface area contributed by atoms with E-state index in [1.165, 1.54) is 12.1 Å². The largest absolute Gasteiger partial charge is 0.489 e. The van der Waals surface area contributed by atoms with Crippen molar-refractivity contribution in [3.05, 3.63) is 65.5 Å². The fourth-order valence-electron chi connectivity index (χ4n) is 1.61. The molecule has 0 saturated carbocycles. The highest BCUT2D eigenvalue weighted by molar-refractivity contribution is 5.89. The maximum Gasteiger partial charge on any atom is 0.339 e.